The predicted octanol–water partition coefficient (Wildman–Crippen LogP) is 5.11. The van der Waals surface area contributed by atoms with Crippen molar-refractivity contribution in [2.45, 2.75) is 20.4 Å². The third kappa shape index (κ3) is 4.22. The third-order valence-electron chi connectivity index (χ3n) is 4.55. The number of anilines is 1. The average molecular weight is 407 g/mol. The molecule has 0 fully saturated rings. The molecule has 146 valence electrons. The molecule has 0 atom stereocenters. The molecule has 0 aliphatic carbocycles. The van der Waals surface area contributed by atoms with Gasteiger partial charge in [-0.05, 0) is 61.9 Å². The van der Waals surface area contributed by atoms with Crippen LogP contribution in [-0.4, -0.2) is 20.6 Å². The Hall–Kier alpha value is -3.38. The number of amides is 1. The number of aryl methyl sites for hydroxylation is 2. The van der Waals surface area contributed by atoms with E-state index < -0.39 is 0 Å². The maximum Gasteiger partial charge on any atom is 0.274 e. The molecule has 4 rings (SSSR count). The molecule has 0 saturated carbocycles. The van der Waals surface area contributed by atoms with Crippen LogP contribution in [0.2, 0.25) is 5.02 Å². The van der Waals surface area contributed by atoms with E-state index in [-0.39, 0.29) is 12.5 Å². The Labute approximate surface area is 173 Å². The maximum atomic E-state index is 12.5. The summed E-state index contributed by atoms with van der Waals surface area (Å²) in [5.74, 6) is 0.676. The van der Waals surface area contributed by atoms with E-state index >= 15 is 0 Å². The number of nitrogens with zero attached hydrogens (tertiary/aromatic N) is 3. The van der Waals surface area contributed by atoms with Crippen molar-refractivity contribution in [3.05, 3.63) is 76.9 Å². The molecule has 2 aromatic heterocycles. The Morgan fingerprint density at radius 3 is 2.69 bits per heavy atom. The van der Waals surface area contributed by atoms with Gasteiger partial charge in [0, 0.05) is 22.5 Å². The van der Waals surface area contributed by atoms with Crippen molar-refractivity contribution in [3.63, 3.8) is 0 Å². The summed E-state index contributed by atoms with van der Waals surface area (Å²) in [5, 5.41) is 7.63. The van der Waals surface area contributed by atoms with Crippen molar-refractivity contribution in [1.29, 1.82) is 0 Å². The number of carbonyl (C=O) groups is 1. The molecule has 7 heteroatoms. The van der Waals surface area contributed by atoms with Gasteiger partial charge in [0.1, 0.15) is 12.2 Å². The van der Waals surface area contributed by atoms with E-state index in [2.05, 4.69) is 15.5 Å². The Morgan fingerprint density at radius 1 is 1.14 bits per heavy atom. The van der Waals surface area contributed by atoms with Crippen molar-refractivity contribution < 1.29 is 9.32 Å². The molecule has 0 aliphatic heterocycles. The van der Waals surface area contributed by atoms with Gasteiger partial charge < -0.3 is 14.4 Å². The highest BCUT2D eigenvalue weighted by molar-refractivity contribution is 6.30. The molecule has 0 unspecified atom stereocenters. The third-order valence-corrected chi connectivity index (χ3v) is 4.80. The normalized spacial score (nSPS) is 10.9. The number of hydrogen-bond acceptors (Lipinski definition) is 4. The Balaban J connectivity index is 1.51. The zero-order valence-electron chi connectivity index (χ0n) is 16.0. The standard InChI is InChI=1S/C22H19ClN4O2/c1-14-5-10-18(15(2)12-14)24-20(28)13-27-11-3-4-19(27)22-25-21(26-29-22)16-6-8-17(23)9-7-16/h3-12H,13H2,1-2H3,(H,24,28). The van der Waals surface area contributed by atoms with E-state index in [0.717, 1.165) is 22.4 Å². The molecule has 0 aliphatic rings. The number of aromatic nitrogens is 3. The largest absolute Gasteiger partial charge is 0.334 e. The second kappa shape index (κ2) is 7.93. The highest BCUT2D eigenvalue weighted by Crippen LogP contribution is 2.24. The second-order valence-corrected chi connectivity index (χ2v) is 7.25. The number of nitrogens with one attached hydrogen (secondary N) is 1. The van der Waals surface area contributed by atoms with Crippen LogP contribution in [0.1, 0.15) is 11.1 Å². The topological polar surface area (TPSA) is 73.0 Å². The summed E-state index contributed by atoms with van der Waals surface area (Å²) in [7, 11) is 0. The molecule has 6 nitrogen and oxygen atoms in total. The summed E-state index contributed by atoms with van der Waals surface area (Å²) in [6, 6.07) is 16.8. The minimum absolute atomic E-state index is 0.133. The summed E-state index contributed by atoms with van der Waals surface area (Å²) < 4.78 is 7.20. The van der Waals surface area contributed by atoms with E-state index in [0.29, 0.717) is 22.4 Å². The molecular formula is C22H19ClN4O2. The average Bonchev–Trinajstić information content (AvgIpc) is 3.34. The van der Waals surface area contributed by atoms with Crippen LogP contribution in [0.25, 0.3) is 23.0 Å². The van der Waals surface area contributed by atoms with Gasteiger partial charge in [0.2, 0.25) is 11.7 Å². The van der Waals surface area contributed by atoms with Crippen LogP contribution in [-0.2, 0) is 11.3 Å². The van der Waals surface area contributed by atoms with E-state index in [1.807, 2.05) is 62.5 Å². The smallest absolute Gasteiger partial charge is 0.274 e. The maximum absolute atomic E-state index is 12.5. The van der Waals surface area contributed by atoms with Gasteiger partial charge in [0.05, 0.1) is 0 Å². The second-order valence-electron chi connectivity index (χ2n) is 6.82. The summed E-state index contributed by atoms with van der Waals surface area (Å²) in [6.45, 7) is 4.13. The monoisotopic (exact) mass is 406 g/mol. The molecule has 0 bridgehead atoms. The van der Waals surface area contributed by atoms with Gasteiger partial charge in [0.15, 0.2) is 0 Å². The minimum Gasteiger partial charge on any atom is -0.334 e. The molecule has 2 heterocycles. The number of rotatable bonds is 5. The quantitative estimate of drug-likeness (QED) is 0.499. The van der Waals surface area contributed by atoms with Gasteiger partial charge in [-0.25, -0.2) is 0 Å². The molecule has 4 aromatic rings. The van der Waals surface area contributed by atoms with Crippen LogP contribution in [0.4, 0.5) is 5.69 Å². The fourth-order valence-electron chi connectivity index (χ4n) is 3.09. The fraction of sp³-hybridized carbons (Fsp3) is 0.136. The fourth-order valence-corrected chi connectivity index (χ4v) is 3.21. The summed E-state index contributed by atoms with van der Waals surface area (Å²) in [4.78, 5) is 17.0. The molecule has 1 amide bonds. The lowest BCUT2D eigenvalue weighted by Crippen LogP contribution is -2.19. The van der Waals surface area contributed by atoms with Crippen molar-refractivity contribution in [2.75, 3.05) is 5.32 Å². The summed E-state index contributed by atoms with van der Waals surface area (Å²) in [6.07, 6.45) is 1.81. The zero-order chi connectivity index (χ0) is 20.4. The molecule has 0 saturated heterocycles. The molecule has 29 heavy (non-hydrogen) atoms. The summed E-state index contributed by atoms with van der Waals surface area (Å²) >= 11 is 5.92. The Bertz CT molecular complexity index is 1160. The lowest BCUT2D eigenvalue weighted by molar-refractivity contribution is -0.116. The van der Waals surface area contributed by atoms with E-state index in [1.54, 1.807) is 16.7 Å². The van der Waals surface area contributed by atoms with Crippen LogP contribution in [0.15, 0.2) is 65.3 Å². The van der Waals surface area contributed by atoms with E-state index in [1.165, 1.54) is 0 Å². The van der Waals surface area contributed by atoms with Gasteiger partial charge in [-0.3, -0.25) is 4.79 Å². The summed E-state index contributed by atoms with van der Waals surface area (Å²) in [5.41, 5.74) is 4.46. The number of halogens is 1. The molecule has 0 spiro atoms. The minimum atomic E-state index is -0.133. The first-order valence-electron chi connectivity index (χ1n) is 9.12. The Morgan fingerprint density at radius 2 is 1.93 bits per heavy atom. The molecule has 1 N–H and O–H groups in total. The SMILES string of the molecule is Cc1ccc(NC(=O)Cn2cccc2-c2nc(-c3ccc(Cl)cc3)no2)c(C)c1. The molecule has 2 aromatic carbocycles. The van der Waals surface area contributed by atoms with Gasteiger partial charge in [-0.15, -0.1) is 0 Å². The molecular weight excluding hydrogens is 388 g/mol. The van der Waals surface area contributed by atoms with Gasteiger partial charge in [-0.1, -0.05) is 34.5 Å². The first-order valence-corrected chi connectivity index (χ1v) is 9.49. The van der Waals surface area contributed by atoms with Crippen molar-refractivity contribution >= 4 is 23.2 Å². The lowest BCUT2D eigenvalue weighted by Gasteiger charge is -2.10. The lowest BCUT2D eigenvalue weighted by atomic mass is 10.1. The van der Waals surface area contributed by atoms with Crippen LogP contribution >= 0.6 is 11.6 Å². The van der Waals surface area contributed by atoms with E-state index in [4.69, 9.17) is 16.1 Å². The van der Waals surface area contributed by atoms with Crippen LogP contribution in [0.5, 0.6) is 0 Å². The number of carbonyl (C=O) groups excluding carboxylic acids is 1. The number of benzene rings is 2. The number of hydrogen-bond donors (Lipinski definition) is 1. The first-order chi connectivity index (χ1) is 14.0. The van der Waals surface area contributed by atoms with Gasteiger partial charge in [0.25, 0.3) is 5.89 Å². The Kier molecular flexibility index (Phi) is 5.18. The predicted molar refractivity (Wildman–Crippen MR) is 113 cm³/mol. The van der Waals surface area contributed by atoms with Gasteiger partial charge in [-0.2, -0.15) is 4.98 Å². The van der Waals surface area contributed by atoms with Crippen molar-refractivity contribution in [1.82, 2.24) is 14.7 Å². The van der Waals surface area contributed by atoms with E-state index in [9.17, 15) is 4.79 Å². The van der Waals surface area contributed by atoms with Crippen LogP contribution < -0.4 is 5.32 Å². The van der Waals surface area contributed by atoms with Crippen LogP contribution in [0.3, 0.4) is 0 Å². The van der Waals surface area contributed by atoms with Gasteiger partial charge >= 0.3 is 0 Å². The van der Waals surface area contributed by atoms with Crippen molar-refractivity contribution in [3.8, 4) is 23.0 Å². The molecule has 0 radical (unpaired) electrons. The highest BCUT2D eigenvalue weighted by atomic mass is 35.5. The first kappa shape index (κ1) is 19.0. The van der Waals surface area contributed by atoms with Crippen LogP contribution in [0, 0.1) is 13.8 Å². The van der Waals surface area contributed by atoms with Crippen molar-refractivity contribution in [2.24, 2.45) is 0 Å². The highest BCUT2D eigenvalue weighted by Gasteiger charge is 2.16. The zero-order valence-corrected chi connectivity index (χ0v) is 16.8.